The molecule has 0 saturated carbocycles. The van der Waals surface area contributed by atoms with Crippen LogP contribution in [0.1, 0.15) is 16.8 Å². The normalized spacial score (nSPS) is 10.5. The highest BCUT2D eigenvalue weighted by Crippen LogP contribution is 2.13. The topological polar surface area (TPSA) is 56.4 Å². The van der Waals surface area contributed by atoms with E-state index >= 15 is 0 Å². The lowest BCUT2D eigenvalue weighted by molar-refractivity contribution is 0.607. The summed E-state index contributed by atoms with van der Waals surface area (Å²) in [7, 11) is 0. The van der Waals surface area contributed by atoms with Crippen molar-refractivity contribution in [3.63, 3.8) is 0 Å². The van der Waals surface area contributed by atoms with Crippen LogP contribution in [0.5, 0.6) is 0 Å². The average molecular weight is 231 g/mol. The molecule has 0 bridgehead atoms. The number of nitroso groups, excluding NO2 is 1. The van der Waals surface area contributed by atoms with Crippen molar-refractivity contribution in [2.75, 3.05) is 0 Å². The SMILES string of the molecule is Cc1ccc(-n2c(=O)cc(C)n2N=O)cc1C. The third-order valence-corrected chi connectivity index (χ3v) is 2.86. The first-order valence-corrected chi connectivity index (χ1v) is 5.27. The fourth-order valence-corrected chi connectivity index (χ4v) is 1.74. The molecule has 0 amide bonds. The minimum absolute atomic E-state index is 0.259. The van der Waals surface area contributed by atoms with Crippen molar-refractivity contribution >= 4 is 0 Å². The second-order valence-corrected chi connectivity index (χ2v) is 4.08. The first kappa shape index (κ1) is 11.3. The fourth-order valence-electron chi connectivity index (χ4n) is 1.74. The largest absolute Gasteiger partial charge is 0.273 e. The molecule has 0 aliphatic heterocycles. The van der Waals surface area contributed by atoms with Gasteiger partial charge in [0.15, 0.2) is 0 Å². The van der Waals surface area contributed by atoms with E-state index in [-0.39, 0.29) is 5.56 Å². The van der Waals surface area contributed by atoms with Gasteiger partial charge in [0.05, 0.1) is 16.7 Å². The quantitative estimate of drug-likeness (QED) is 0.743. The van der Waals surface area contributed by atoms with Crippen LogP contribution < -0.4 is 5.56 Å². The van der Waals surface area contributed by atoms with Crippen LogP contribution in [0.4, 0.5) is 0 Å². The summed E-state index contributed by atoms with van der Waals surface area (Å²) < 4.78 is 1.26. The molecule has 1 heterocycles. The van der Waals surface area contributed by atoms with E-state index in [0.29, 0.717) is 11.4 Å². The van der Waals surface area contributed by atoms with E-state index in [2.05, 4.69) is 5.29 Å². The van der Waals surface area contributed by atoms with Crippen molar-refractivity contribution in [1.29, 1.82) is 0 Å². The van der Waals surface area contributed by atoms with Gasteiger partial charge in [-0.15, -0.1) is 9.70 Å². The highest BCUT2D eigenvalue weighted by Gasteiger charge is 2.10. The first-order valence-electron chi connectivity index (χ1n) is 5.27. The zero-order valence-corrected chi connectivity index (χ0v) is 9.97. The molecule has 0 fully saturated rings. The van der Waals surface area contributed by atoms with Gasteiger partial charge in [0, 0.05) is 6.07 Å². The van der Waals surface area contributed by atoms with Crippen LogP contribution in [0.15, 0.2) is 34.3 Å². The van der Waals surface area contributed by atoms with Crippen molar-refractivity contribution in [3.05, 3.63) is 56.3 Å². The Hall–Kier alpha value is -2.17. The molecule has 0 aliphatic carbocycles. The summed E-state index contributed by atoms with van der Waals surface area (Å²) in [5.41, 5.74) is 3.10. The smallest absolute Gasteiger partial charge is 0.267 e. The molecule has 0 spiro atoms. The number of hydrogen-bond donors (Lipinski definition) is 0. The minimum atomic E-state index is -0.259. The molecule has 0 aliphatic rings. The molecule has 1 aromatic carbocycles. The molecule has 88 valence electrons. The molecule has 0 saturated heterocycles. The predicted molar refractivity (Wildman–Crippen MR) is 65.4 cm³/mol. The van der Waals surface area contributed by atoms with Crippen molar-refractivity contribution in [2.24, 2.45) is 5.29 Å². The summed E-state index contributed by atoms with van der Waals surface area (Å²) in [4.78, 5) is 23.6. The van der Waals surface area contributed by atoms with Gasteiger partial charge in [0.2, 0.25) is 0 Å². The predicted octanol–water partition coefficient (Wildman–Crippen LogP) is 2.09. The fraction of sp³-hybridized carbons (Fsp3) is 0.250. The van der Waals surface area contributed by atoms with Crippen molar-refractivity contribution in [3.8, 4) is 5.69 Å². The van der Waals surface area contributed by atoms with Crippen molar-refractivity contribution < 1.29 is 0 Å². The van der Waals surface area contributed by atoms with Crippen LogP contribution in [-0.4, -0.2) is 9.47 Å². The van der Waals surface area contributed by atoms with Gasteiger partial charge in [-0.05, 0) is 44.0 Å². The van der Waals surface area contributed by atoms with E-state index in [1.54, 1.807) is 13.0 Å². The van der Waals surface area contributed by atoms with Gasteiger partial charge in [-0.3, -0.25) is 4.79 Å². The van der Waals surface area contributed by atoms with Crippen molar-refractivity contribution in [1.82, 2.24) is 9.47 Å². The molecule has 0 N–H and O–H groups in total. The molecule has 0 atom stereocenters. The van der Waals surface area contributed by atoms with Gasteiger partial charge in [-0.1, -0.05) is 6.07 Å². The number of nitrogens with zero attached hydrogens (tertiary/aromatic N) is 3. The Morgan fingerprint density at radius 3 is 2.35 bits per heavy atom. The van der Waals surface area contributed by atoms with Crippen LogP contribution in [-0.2, 0) is 0 Å². The highest BCUT2D eigenvalue weighted by atomic mass is 16.3. The molecular formula is C12H13N3O2. The number of benzene rings is 1. The van der Waals surface area contributed by atoms with E-state index < -0.39 is 0 Å². The summed E-state index contributed by atoms with van der Waals surface area (Å²) in [6.07, 6.45) is 0. The molecule has 5 heteroatoms. The van der Waals surface area contributed by atoms with Gasteiger partial charge in [0.25, 0.3) is 5.56 Å². The zero-order chi connectivity index (χ0) is 12.6. The van der Waals surface area contributed by atoms with Crippen LogP contribution >= 0.6 is 0 Å². The van der Waals surface area contributed by atoms with Crippen LogP contribution in [0.2, 0.25) is 0 Å². The maximum Gasteiger partial charge on any atom is 0.273 e. The van der Waals surface area contributed by atoms with Gasteiger partial charge >= 0.3 is 0 Å². The molecule has 0 unspecified atom stereocenters. The Bertz CT molecular complexity index is 638. The Morgan fingerprint density at radius 2 is 1.76 bits per heavy atom. The summed E-state index contributed by atoms with van der Waals surface area (Å²) >= 11 is 0. The molecule has 5 nitrogen and oxygen atoms in total. The van der Waals surface area contributed by atoms with Crippen LogP contribution in [0.3, 0.4) is 0 Å². The van der Waals surface area contributed by atoms with E-state index in [1.165, 1.54) is 10.7 Å². The average Bonchev–Trinajstić information content (AvgIpc) is 2.57. The lowest BCUT2D eigenvalue weighted by Gasteiger charge is -2.08. The zero-order valence-electron chi connectivity index (χ0n) is 9.97. The monoisotopic (exact) mass is 231 g/mol. The van der Waals surface area contributed by atoms with E-state index in [0.717, 1.165) is 15.9 Å². The molecular weight excluding hydrogens is 218 g/mol. The number of rotatable bonds is 2. The maximum absolute atomic E-state index is 11.8. The number of aromatic nitrogens is 2. The molecule has 17 heavy (non-hydrogen) atoms. The van der Waals surface area contributed by atoms with Gasteiger partial charge < -0.3 is 0 Å². The standard InChI is InChI=1S/C12H13N3O2/c1-8-4-5-11(6-9(8)2)14-12(16)7-10(3)15(14)13-17/h4-7H,1-3H3. The molecule has 2 rings (SSSR count). The lowest BCUT2D eigenvalue weighted by atomic mass is 10.1. The summed E-state index contributed by atoms with van der Waals surface area (Å²) in [5.74, 6) is 0. The lowest BCUT2D eigenvalue weighted by Crippen LogP contribution is -2.18. The number of hydrogen-bond acceptors (Lipinski definition) is 3. The Balaban J connectivity index is 2.72. The van der Waals surface area contributed by atoms with Gasteiger partial charge in [0.1, 0.15) is 0 Å². The summed E-state index contributed by atoms with van der Waals surface area (Å²) in [6.45, 7) is 5.61. The second-order valence-electron chi connectivity index (χ2n) is 4.08. The van der Waals surface area contributed by atoms with Crippen LogP contribution in [0, 0.1) is 25.7 Å². The Kier molecular flexibility index (Phi) is 2.67. The summed E-state index contributed by atoms with van der Waals surface area (Å²) in [5, 5.41) is 2.85. The third-order valence-electron chi connectivity index (χ3n) is 2.86. The van der Waals surface area contributed by atoms with Gasteiger partial charge in [-0.2, -0.15) is 4.68 Å². The molecule has 1 aromatic heterocycles. The molecule has 2 aromatic rings. The second kappa shape index (κ2) is 4.01. The van der Waals surface area contributed by atoms with E-state index in [4.69, 9.17) is 0 Å². The van der Waals surface area contributed by atoms with E-state index in [1.807, 2.05) is 26.0 Å². The van der Waals surface area contributed by atoms with Crippen LogP contribution in [0.25, 0.3) is 5.69 Å². The molecule has 0 radical (unpaired) electrons. The van der Waals surface area contributed by atoms with Gasteiger partial charge in [-0.25, -0.2) is 0 Å². The third kappa shape index (κ3) is 1.80. The Labute approximate surface area is 98.2 Å². The van der Waals surface area contributed by atoms with Crippen molar-refractivity contribution in [2.45, 2.75) is 20.8 Å². The highest BCUT2D eigenvalue weighted by molar-refractivity contribution is 5.39. The Morgan fingerprint density at radius 1 is 1.06 bits per heavy atom. The first-order chi connectivity index (χ1) is 8.04. The maximum atomic E-state index is 11.8. The number of aryl methyl sites for hydroxylation is 3. The summed E-state index contributed by atoms with van der Waals surface area (Å²) in [6, 6.07) is 6.95. The van der Waals surface area contributed by atoms with E-state index in [9.17, 15) is 9.70 Å². The minimum Gasteiger partial charge on any atom is -0.267 e.